The molecule has 0 aliphatic heterocycles. The Morgan fingerprint density at radius 3 is 2.74 bits per heavy atom. The van der Waals surface area contributed by atoms with Crippen LogP contribution in [-0.4, -0.2) is 41.6 Å². The number of hydrogen-bond acceptors (Lipinski definition) is 5. The molecule has 1 aromatic carbocycles. The minimum atomic E-state index is -0.782. The predicted octanol–water partition coefficient (Wildman–Crippen LogP) is 1.90. The van der Waals surface area contributed by atoms with Crippen molar-refractivity contribution in [1.82, 2.24) is 0 Å². The molecule has 0 heterocycles. The molecule has 23 heavy (non-hydrogen) atoms. The lowest BCUT2D eigenvalue weighted by Gasteiger charge is -2.26. The summed E-state index contributed by atoms with van der Waals surface area (Å²) in [6.07, 6.45) is 0.191. The van der Waals surface area contributed by atoms with Crippen LogP contribution in [0, 0.1) is 11.8 Å². The first-order valence-electron chi connectivity index (χ1n) is 8.25. The summed E-state index contributed by atoms with van der Waals surface area (Å²) < 4.78 is 10.5. The molecule has 1 aromatic rings. The second-order valence-corrected chi connectivity index (χ2v) is 6.06. The molecule has 128 valence electrons. The van der Waals surface area contributed by atoms with Crippen LogP contribution in [0.5, 0.6) is 0 Å². The normalized spacial score (nSPS) is 25.3. The summed E-state index contributed by atoms with van der Waals surface area (Å²) in [6, 6.07) is 9.73. The SMILES string of the molecule is CCOC(=O)C[C@H]1CCC(O)C1[C@@H](O)COCc1ccccc1. The van der Waals surface area contributed by atoms with E-state index in [0.29, 0.717) is 19.6 Å². The van der Waals surface area contributed by atoms with E-state index in [1.165, 1.54) is 0 Å². The van der Waals surface area contributed by atoms with Gasteiger partial charge in [0.2, 0.25) is 0 Å². The summed E-state index contributed by atoms with van der Waals surface area (Å²) in [5, 5.41) is 20.5. The largest absolute Gasteiger partial charge is 0.466 e. The highest BCUT2D eigenvalue weighted by atomic mass is 16.5. The van der Waals surface area contributed by atoms with Gasteiger partial charge in [-0.1, -0.05) is 30.3 Å². The number of ether oxygens (including phenoxy) is 2. The molecular formula is C18H26O5. The summed E-state index contributed by atoms with van der Waals surface area (Å²) in [5.41, 5.74) is 1.04. The van der Waals surface area contributed by atoms with Crippen molar-refractivity contribution in [2.45, 2.75) is 45.0 Å². The smallest absolute Gasteiger partial charge is 0.306 e. The molecule has 5 nitrogen and oxygen atoms in total. The van der Waals surface area contributed by atoms with Crippen molar-refractivity contribution in [3.05, 3.63) is 35.9 Å². The highest BCUT2D eigenvalue weighted by Crippen LogP contribution is 2.37. The molecule has 0 bridgehead atoms. The van der Waals surface area contributed by atoms with E-state index in [1.54, 1.807) is 6.92 Å². The third-order valence-corrected chi connectivity index (χ3v) is 4.40. The fraction of sp³-hybridized carbons (Fsp3) is 0.611. The van der Waals surface area contributed by atoms with Gasteiger partial charge in [0.15, 0.2) is 0 Å². The third-order valence-electron chi connectivity index (χ3n) is 4.40. The van der Waals surface area contributed by atoms with Crippen molar-refractivity contribution < 1.29 is 24.5 Å². The minimum Gasteiger partial charge on any atom is -0.466 e. The first kappa shape index (κ1) is 17.9. The van der Waals surface area contributed by atoms with E-state index in [4.69, 9.17) is 9.47 Å². The van der Waals surface area contributed by atoms with Gasteiger partial charge < -0.3 is 19.7 Å². The maximum Gasteiger partial charge on any atom is 0.306 e. The van der Waals surface area contributed by atoms with Crippen LogP contribution in [0.2, 0.25) is 0 Å². The average molecular weight is 322 g/mol. The Morgan fingerprint density at radius 1 is 1.30 bits per heavy atom. The van der Waals surface area contributed by atoms with Crippen molar-refractivity contribution in [3.8, 4) is 0 Å². The minimum absolute atomic E-state index is 0.0561. The van der Waals surface area contributed by atoms with Crippen LogP contribution in [-0.2, 0) is 20.9 Å². The van der Waals surface area contributed by atoms with Gasteiger partial charge in [-0.25, -0.2) is 0 Å². The maximum atomic E-state index is 11.7. The maximum absolute atomic E-state index is 11.7. The highest BCUT2D eigenvalue weighted by molar-refractivity contribution is 5.69. The van der Waals surface area contributed by atoms with Crippen LogP contribution in [0.25, 0.3) is 0 Å². The van der Waals surface area contributed by atoms with Crippen molar-refractivity contribution in [3.63, 3.8) is 0 Å². The first-order valence-corrected chi connectivity index (χ1v) is 8.25. The van der Waals surface area contributed by atoms with E-state index < -0.39 is 12.2 Å². The van der Waals surface area contributed by atoms with Gasteiger partial charge in [0.25, 0.3) is 0 Å². The van der Waals surface area contributed by atoms with Crippen molar-refractivity contribution in [2.75, 3.05) is 13.2 Å². The third kappa shape index (κ3) is 5.30. The topological polar surface area (TPSA) is 76.0 Å². The van der Waals surface area contributed by atoms with E-state index >= 15 is 0 Å². The molecule has 0 spiro atoms. The quantitative estimate of drug-likeness (QED) is 0.715. The predicted molar refractivity (Wildman–Crippen MR) is 85.6 cm³/mol. The molecule has 2 N–H and O–H groups in total. The van der Waals surface area contributed by atoms with Gasteiger partial charge in [-0.3, -0.25) is 4.79 Å². The second-order valence-electron chi connectivity index (χ2n) is 6.06. The summed E-state index contributed by atoms with van der Waals surface area (Å²) in [6.45, 7) is 2.69. The second kappa shape index (κ2) is 9.01. The number of rotatable bonds is 8. The lowest BCUT2D eigenvalue weighted by molar-refractivity contribution is -0.145. The molecule has 1 aliphatic carbocycles. The summed E-state index contributed by atoms with van der Waals surface area (Å²) in [7, 11) is 0. The number of carbonyl (C=O) groups is 1. The summed E-state index contributed by atoms with van der Waals surface area (Å²) in [5.74, 6) is -0.663. The van der Waals surface area contributed by atoms with Crippen LogP contribution in [0.3, 0.4) is 0 Å². The lowest BCUT2D eigenvalue weighted by Crippen LogP contribution is -2.36. The molecule has 2 unspecified atom stereocenters. The molecule has 0 aromatic heterocycles. The first-order chi connectivity index (χ1) is 11.1. The van der Waals surface area contributed by atoms with Crippen molar-refractivity contribution >= 4 is 5.97 Å². The Hall–Kier alpha value is -1.43. The Labute approximate surface area is 137 Å². The number of esters is 1. The standard InChI is InChI=1S/C18H26O5/c1-2-23-17(21)10-14-8-9-15(19)18(14)16(20)12-22-11-13-6-4-3-5-7-13/h3-7,14-16,18-20H,2,8-12H2,1H3/t14-,15?,16+,18?/m1/s1. The zero-order valence-electron chi connectivity index (χ0n) is 13.6. The van der Waals surface area contributed by atoms with Crippen LogP contribution in [0.4, 0.5) is 0 Å². The van der Waals surface area contributed by atoms with Gasteiger partial charge in [-0.15, -0.1) is 0 Å². The Bertz CT molecular complexity index is 476. The Kier molecular flexibility index (Phi) is 7.02. The van der Waals surface area contributed by atoms with Gasteiger partial charge in [-0.05, 0) is 31.2 Å². The summed E-state index contributed by atoms with van der Waals surface area (Å²) in [4.78, 5) is 11.7. The van der Waals surface area contributed by atoms with Crippen LogP contribution in [0.1, 0.15) is 31.7 Å². The van der Waals surface area contributed by atoms with Gasteiger partial charge in [0.1, 0.15) is 0 Å². The van der Waals surface area contributed by atoms with Gasteiger partial charge in [-0.2, -0.15) is 0 Å². The van der Waals surface area contributed by atoms with E-state index in [2.05, 4.69) is 0 Å². The Balaban J connectivity index is 1.82. The van der Waals surface area contributed by atoms with Crippen molar-refractivity contribution in [2.24, 2.45) is 11.8 Å². The van der Waals surface area contributed by atoms with E-state index in [0.717, 1.165) is 12.0 Å². The molecule has 5 heteroatoms. The highest BCUT2D eigenvalue weighted by Gasteiger charge is 2.40. The molecule has 0 amide bonds. The zero-order valence-corrected chi connectivity index (χ0v) is 13.6. The Morgan fingerprint density at radius 2 is 2.04 bits per heavy atom. The molecule has 0 saturated heterocycles. The van der Waals surface area contributed by atoms with Crippen LogP contribution >= 0.6 is 0 Å². The number of hydrogen-bond donors (Lipinski definition) is 2. The zero-order chi connectivity index (χ0) is 16.7. The van der Waals surface area contributed by atoms with Crippen molar-refractivity contribution in [1.29, 1.82) is 0 Å². The molecular weight excluding hydrogens is 296 g/mol. The number of aliphatic hydroxyl groups excluding tert-OH is 2. The molecule has 1 saturated carbocycles. The van der Waals surface area contributed by atoms with E-state index in [-0.39, 0.29) is 30.8 Å². The van der Waals surface area contributed by atoms with Crippen LogP contribution in [0.15, 0.2) is 30.3 Å². The number of aliphatic hydroxyl groups is 2. The number of carbonyl (C=O) groups excluding carboxylic acids is 1. The van der Waals surface area contributed by atoms with Gasteiger partial charge in [0.05, 0.1) is 32.0 Å². The molecule has 4 atom stereocenters. The average Bonchev–Trinajstić information content (AvgIpc) is 2.89. The summed E-state index contributed by atoms with van der Waals surface area (Å²) >= 11 is 0. The van der Waals surface area contributed by atoms with Crippen LogP contribution < -0.4 is 0 Å². The van der Waals surface area contributed by atoms with Gasteiger partial charge >= 0.3 is 5.97 Å². The molecule has 1 fully saturated rings. The fourth-order valence-electron chi connectivity index (χ4n) is 3.31. The molecule has 1 aliphatic rings. The van der Waals surface area contributed by atoms with Gasteiger partial charge in [0, 0.05) is 12.3 Å². The number of benzene rings is 1. The monoisotopic (exact) mass is 322 g/mol. The molecule has 0 radical (unpaired) electrons. The lowest BCUT2D eigenvalue weighted by atomic mass is 9.87. The van der Waals surface area contributed by atoms with E-state index in [1.807, 2.05) is 30.3 Å². The fourth-order valence-corrected chi connectivity index (χ4v) is 3.31. The van der Waals surface area contributed by atoms with E-state index in [9.17, 15) is 15.0 Å². The molecule has 2 rings (SSSR count).